The van der Waals surface area contributed by atoms with Crippen LogP contribution in [0.25, 0.3) is 21.9 Å². The van der Waals surface area contributed by atoms with Crippen LogP contribution >= 0.6 is 0 Å². The lowest BCUT2D eigenvalue weighted by molar-refractivity contribution is 0.771. The molecule has 0 aliphatic rings. The molecule has 0 aliphatic heterocycles. The molecule has 0 radical (unpaired) electrons. The summed E-state index contributed by atoms with van der Waals surface area (Å²) < 4.78 is 1.89. The molecule has 0 fully saturated rings. The number of rotatable bonds is 3. The maximum Gasteiger partial charge on any atom is 0.160 e. The van der Waals surface area contributed by atoms with Crippen molar-refractivity contribution in [3.05, 3.63) is 42.5 Å². The van der Waals surface area contributed by atoms with Crippen molar-refractivity contribution in [3.8, 4) is 0 Å². The third-order valence-electron chi connectivity index (χ3n) is 3.51. The van der Waals surface area contributed by atoms with Gasteiger partial charge >= 0.3 is 0 Å². The van der Waals surface area contributed by atoms with E-state index in [4.69, 9.17) is 0 Å². The van der Waals surface area contributed by atoms with Crippen molar-refractivity contribution in [1.82, 2.24) is 29.9 Å². The quantitative estimate of drug-likeness (QED) is 0.598. The Morgan fingerprint density at radius 2 is 2.10 bits per heavy atom. The zero-order chi connectivity index (χ0) is 14.2. The van der Waals surface area contributed by atoms with Crippen LogP contribution in [0.3, 0.4) is 0 Å². The van der Waals surface area contributed by atoms with Crippen molar-refractivity contribution in [3.63, 3.8) is 0 Å². The summed E-state index contributed by atoms with van der Waals surface area (Å²) in [5.74, 6) is 0.753. The normalized spacial score (nSPS) is 11.3. The Hall–Kier alpha value is -2.96. The van der Waals surface area contributed by atoms with E-state index in [9.17, 15) is 0 Å². The van der Waals surface area contributed by atoms with Gasteiger partial charge in [-0.05, 0) is 6.07 Å². The molecule has 0 saturated carbocycles. The number of fused-ring (bicyclic) bond motifs is 2. The molecule has 0 saturated heterocycles. The summed E-state index contributed by atoms with van der Waals surface area (Å²) >= 11 is 0. The van der Waals surface area contributed by atoms with E-state index in [1.54, 1.807) is 6.20 Å². The Morgan fingerprint density at radius 3 is 3.05 bits per heavy atom. The fraction of sp³-hybridized carbons (Fsp3) is 0.143. The average Bonchev–Trinajstić information content (AvgIpc) is 3.11. The van der Waals surface area contributed by atoms with Gasteiger partial charge in [0.05, 0.1) is 29.3 Å². The highest BCUT2D eigenvalue weighted by Gasteiger charge is 2.09. The van der Waals surface area contributed by atoms with E-state index in [1.807, 2.05) is 23.9 Å². The number of H-pyrrole nitrogens is 1. The van der Waals surface area contributed by atoms with E-state index in [0.717, 1.165) is 33.4 Å². The lowest BCUT2D eigenvalue weighted by Gasteiger charge is -2.04. The van der Waals surface area contributed by atoms with Gasteiger partial charge in [-0.25, -0.2) is 9.97 Å². The van der Waals surface area contributed by atoms with Crippen LogP contribution in [0, 0.1) is 0 Å². The van der Waals surface area contributed by atoms with Crippen molar-refractivity contribution in [1.29, 1.82) is 0 Å². The fourth-order valence-corrected chi connectivity index (χ4v) is 2.49. The van der Waals surface area contributed by atoms with Crippen molar-refractivity contribution in [2.45, 2.75) is 6.54 Å². The zero-order valence-electron chi connectivity index (χ0n) is 11.4. The first kappa shape index (κ1) is 11.8. The number of para-hydroxylation sites is 1. The van der Waals surface area contributed by atoms with Gasteiger partial charge in [-0.15, -0.1) is 0 Å². The van der Waals surface area contributed by atoms with Crippen LogP contribution < -0.4 is 5.32 Å². The number of aryl methyl sites for hydroxylation is 1. The molecule has 1 aromatic carbocycles. The van der Waals surface area contributed by atoms with Gasteiger partial charge in [0.1, 0.15) is 12.1 Å². The van der Waals surface area contributed by atoms with E-state index in [-0.39, 0.29) is 0 Å². The minimum atomic E-state index is 0.596. The van der Waals surface area contributed by atoms with Crippen LogP contribution in [0.4, 0.5) is 5.82 Å². The Kier molecular flexibility index (Phi) is 2.56. The maximum absolute atomic E-state index is 4.56. The Labute approximate surface area is 120 Å². The summed E-state index contributed by atoms with van der Waals surface area (Å²) in [5.41, 5.74) is 2.83. The van der Waals surface area contributed by atoms with Crippen LogP contribution in [0.15, 0.2) is 36.8 Å². The molecular weight excluding hydrogens is 266 g/mol. The minimum Gasteiger partial charge on any atom is -0.364 e. The van der Waals surface area contributed by atoms with Crippen molar-refractivity contribution in [2.24, 2.45) is 7.05 Å². The third-order valence-corrected chi connectivity index (χ3v) is 3.51. The van der Waals surface area contributed by atoms with E-state index in [1.165, 1.54) is 6.33 Å². The topological polar surface area (TPSA) is 84.3 Å². The highest BCUT2D eigenvalue weighted by atomic mass is 15.3. The fourth-order valence-electron chi connectivity index (χ4n) is 2.49. The molecule has 0 amide bonds. The molecule has 0 aliphatic carbocycles. The number of aromatic nitrogens is 6. The van der Waals surface area contributed by atoms with Gasteiger partial charge in [-0.1, -0.05) is 18.2 Å². The molecule has 2 N–H and O–H groups in total. The molecule has 0 unspecified atom stereocenters. The largest absolute Gasteiger partial charge is 0.364 e. The first-order valence-electron chi connectivity index (χ1n) is 6.61. The first-order valence-corrected chi connectivity index (χ1v) is 6.61. The number of benzene rings is 1. The summed E-state index contributed by atoms with van der Waals surface area (Å²) in [5, 5.41) is 16.7. The maximum atomic E-state index is 4.56. The summed E-state index contributed by atoms with van der Waals surface area (Å²) in [6, 6.07) is 8.17. The van der Waals surface area contributed by atoms with Gasteiger partial charge in [0.25, 0.3) is 0 Å². The zero-order valence-corrected chi connectivity index (χ0v) is 11.4. The van der Waals surface area contributed by atoms with Crippen molar-refractivity contribution in [2.75, 3.05) is 5.32 Å². The highest BCUT2D eigenvalue weighted by molar-refractivity contribution is 5.86. The Bertz CT molecular complexity index is 921. The third kappa shape index (κ3) is 1.90. The molecule has 3 aromatic heterocycles. The lowest BCUT2D eigenvalue weighted by Crippen LogP contribution is -2.03. The van der Waals surface area contributed by atoms with E-state index in [0.29, 0.717) is 6.54 Å². The van der Waals surface area contributed by atoms with Gasteiger partial charge < -0.3 is 5.32 Å². The van der Waals surface area contributed by atoms with Crippen LogP contribution in [0.5, 0.6) is 0 Å². The van der Waals surface area contributed by atoms with Crippen LogP contribution in [0.1, 0.15) is 5.69 Å². The first-order chi connectivity index (χ1) is 10.3. The SMILES string of the molecule is Cn1nc(CNc2ncnc3[nH]ncc23)c2ccccc21. The summed E-state index contributed by atoms with van der Waals surface area (Å²) in [6.45, 7) is 0.596. The smallest absolute Gasteiger partial charge is 0.160 e. The van der Waals surface area contributed by atoms with Gasteiger partial charge in [0.15, 0.2) is 5.65 Å². The number of hydrogen-bond acceptors (Lipinski definition) is 5. The second-order valence-electron chi connectivity index (χ2n) is 4.80. The average molecular weight is 279 g/mol. The molecule has 7 heteroatoms. The van der Waals surface area contributed by atoms with Crippen molar-refractivity contribution >= 4 is 27.8 Å². The van der Waals surface area contributed by atoms with E-state index < -0.39 is 0 Å². The van der Waals surface area contributed by atoms with E-state index >= 15 is 0 Å². The van der Waals surface area contributed by atoms with Crippen molar-refractivity contribution < 1.29 is 0 Å². The number of anilines is 1. The molecule has 0 atom stereocenters. The number of aromatic amines is 1. The Balaban J connectivity index is 1.68. The van der Waals surface area contributed by atoms with Gasteiger partial charge in [-0.2, -0.15) is 10.2 Å². The second-order valence-corrected chi connectivity index (χ2v) is 4.80. The van der Waals surface area contributed by atoms with Crippen LogP contribution in [-0.2, 0) is 13.6 Å². The lowest BCUT2D eigenvalue weighted by atomic mass is 10.2. The predicted molar refractivity (Wildman–Crippen MR) is 79.7 cm³/mol. The Morgan fingerprint density at radius 1 is 1.19 bits per heavy atom. The molecule has 4 rings (SSSR count). The standard InChI is InChI=1S/C14H13N7/c1-21-12-5-3-2-4-9(12)11(20-21)7-15-13-10-6-18-19-14(10)17-8-16-13/h2-6,8H,7H2,1H3,(H2,15,16,17,18,19). The van der Waals surface area contributed by atoms with Crippen LogP contribution in [-0.4, -0.2) is 29.9 Å². The van der Waals surface area contributed by atoms with Gasteiger partial charge in [0, 0.05) is 12.4 Å². The molecule has 104 valence electrons. The highest BCUT2D eigenvalue weighted by Crippen LogP contribution is 2.20. The second kappa shape index (κ2) is 4.55. The predicted octanol–water partition coefficient (Wildman–Crippen LogP) is 1.85. The molecular formula is C14H13N7. The molecule has 21 heavy (non-hydrogen) atoms. The summed E-state index contributed by atoms with van der Waals surface area (Å²) in [4.78, 5) is 8.39. The van der Waals surface area contributed by atoms with Crippen LogP contribution in [0.2, 0.25) is 0 Å². The molecule has 4 aromatic rings. The van der Waals surface area contributed by atoms with Gasteiger partial charge in [-0.3, -0.25) is 9.78 Å². The number of hydrogen-bond donors (Lipinski definition) is 2. The molecule has 0 bridgehead atoms. The summed E-state index contributed by atoms with van der Waals surface area (Å²) in [6.07, 6.45) is 3.23. The van der Waals surface area contributed by atoms with E-state index in [2.05, 4.69) is 42.7 Å². The summed E-state index contributed by atoms with van der Waals surface area (Å²) in [7, 11) is 1.95. The molecule has 0 spiro atoms. The number of nitrogens with zero attached hydrogens (tertiary/aromatic N) is 5. The number of nitrogens with one attached hydrogen (secondary N) is 2. The monoisotopic (exact) mass is 279 g/mol. The molecule has 3 heterocycles. The minimum absolute atomic E-state index is 0.596. The van der Waals surface area contributed by atoms with Gasteiger partial charge in [0.2, 0.25) is 0 Å². The molecule has 7 nitrogen and oxygen atoms in total.